The molecule has 2 atom stereocenters. The maximum atomic E-state index is 13.4. The van der Waals surface area contributed by atoms with Crippen LogP contribution in [0, 0.1) is 11.6 Å². The van der Waals surface area contributed by atoms with E-state index in [1.807, 2.05) is 0 Å². The molecule has 2 unspecified atom stereocenters. The molecule has 1 aromatic carbocycles. The lowest BCUT2D eigenvalue weighted by atomic mass is 10.1. The van der Waals surface area contributed by atoms with E-state index in [2.05, 4.69) is 5.32 Å². The number of rotatable bonds is 4. The fourth-order valence-electron chi connectivity index (χ4n) is 2.59. The van der Waals surface area contributed by atoms with Gasteiger partial charge < -0.3 is 5.32 Å². The molecule has 19 heavy (non-hydrogen) atoms. The van der Waals surface area contributed by atoms with Crippen LogP contribution >= 0.6 is 0 Å². The smallest absolute Gasteiger partial charge is 0.151 e. The van der Waals surface area contributed by atoms with Crippen molar-refractivity contribution in [1.29, 1.82) is 0 Å². The lowest BCUT2D eigenvalue weighted by Crippen LogP contribution is -2.39. The van der Waals surface area contributed by atoms with E-state index in [-0.39, 0.29) is 18.2 Å². The topological polar surface area (TPSA) is 46.2 Å². The Kier molecular flexibility index (Phi) is 4.20. The van der Waals surface area contributed by atoms with Gasteiger partial charge >= 0.3 is 0 Å². The summed E-state index contributed by atoms with van der Waals surface area (Å²) in [5.74, 6) is -0.980. The minimum atomic E-state index is -3.10. The molecule has 0 amide bonds. The molecule has 0 aliphatic heterocycles. The summed E-state index contributed by atoms with van der Waals surface area (Å²) in [4.78, 5) is 0. The zero-order chi connectivity index (χ0) is 14.0. The van der Waals surface area contributed by atoms with Crippen molar-refractivity contribution in [2.75, 3.05) is 6.26 Å². The normalized spacial score (nSPS) is 23.7. The lowest BCUT2D eigenvalue weighted by Gasteiger charge is -2.19. The van der Waals surface area contributed by atoms with Gasteiger partial charge in [0.2, 0.25) is 0 Å². The van der Waals surface area contributed by atoms with Gasteiger partial charge in [-0.15, -0.1) is 0 Å². The van der Waals surface area contributed by atoms with E-state index in [0.29, 0.717) is 6.42 Å². The Morgan fingerprint density at radius 3 is 2.74 bits per heavy atom. The number of hydrogen-bond acceptors (Lipinski definition) is 3. The van der Waals surface area contributed by atoms with Gasteiger partial charge in [0.05, 0.1) is 5.25 Å². The van der Waals surface area contributed by atoms with Crippen LogP contribution in [0.5, 0.6) is 0 Å². The minimum absolute atomic E-state index is 0.139. The predicted octanol–water partition coefficient (Wildman–Crippen LogP) is 2.02. The quantitative estimate of drug-likeness (QED) is 0.922. The summed E-state index contributed by atoms with van der Waals surface area (Å²) < 4.78 is 49.7. The second-order valence-corrected chi connectivity index (χ2v) is 7.29. The molecule has 0 heterocycles. The zero-order valence-electron chi connectivity index (χ0n) is 10.7. The van der Waals surface area contributed by atoms with Crippen molar-refractivity contribution in [3.05, 3.63) is 35.4 Å². The van der Waals surface area contributed by atoms with E-state index in [9.17, 15) is 17.2 Å². The molecule has 0 radical (unpaired) electrons. The molecule has 1 N–H and O–H groups in total. The van der Waals surface area contributed by atoms with Gasteiger partial charge in [0.15, 0.2) is 9.84 Å². The van der Waals surface area contributed by atoms with Crippen LogP contribution in [0.25, 0.3) is 0 Å². The molecule has 106 valence electrons. The van der Waals surface area contributed by atoms with Gasteiger partial charge in [-0.1, -0.05) is 6.42 Å². The monoisotopic (exact) mass is 289 g/mol. The first-order chi connectivity index (χ1) is 8.88. The fraction of sp³-hybridized carbons (Fsp3) is 0.538. The van der Waals surface area contributed by atoms with E-state index < -0.39 is 26.7 Å². The molecule has 1 aromatic rings. The fourth-order valence-corrected chi connectivity index (χ4v) is 4.02. The number of benzene rings is 1. The van der Waals surface area contributed by atoms with E-state index >= 15 is 0 Å². The Labute approximate surface area is 111 Å². The van der Waals surface area contributed by atoms with Crippen molar-refractivity contribution < 1.29 is 17.2 Å². The first-order valence-corrected chi connectivity index (χ1v) is 8.19. The zero-order valence-corrected chi connectivity index (χ0v) is 11.5. The number of sulfone groups is 1. The van der Waals surface area contributed by atoms with Gasteiger partial charge in [0, 0.05) is 24.4 Å². The number of hydrogen-bond donors (Lipinski definition) is 1. The highest BCUT2D eigenvalue weighted by molar-refractivity contribution is 7.91. The van der Waals surface area contributed by atoms with Crippen LogP contribution in [0.3, 0.4) is 0 Å². The molecule has 3 nitrogen and oxygen atoms in total. The SMILES string of the molecule is CS(=O)(=O)C1CCCC1NCc1cc(F)ccc1F. The largest absolute Gasteiger partial charge is 0.309 e. The third-order valence-corrected chi connectivity index (χ3v) is 5.23. The van der Waals surface area contributed by atoms with Crippen LogP contribution in [-0.4, -0.2) is 26.0 Å². The maximum Gasteiger partial charge on any atom is 0.151 e. The second kappa shape index (κ2) is 5.54. The molecule has 0 saturated heterocycles. The van der Waals surface area contributed by atoms with Crippen LogP contribution in [0.2, 0.25) is 0 Å². The summed E-state index contributed by atoms with van der Waals surface area (Å²) in [6, 6.07) is 3.09. The standard InChI is InChI=1S/C13H17F2NO2S/c1-19(17,18)13-4-2-3-12(13)16-8-9-7-10(14)5-6-11(9)15/h5-7,12-13,16H,2-4,8H2,1H3. The molecule has 1 aliphatic rings. The molecule has 1 fully saturated rings. The van der Waals surface area contributed by atoms with Gasteiger partial charge in [-0.25, -0.2) is 17.2 Å². The van der Waals surface area contributed by atoms with Crippen LogP contribution in [-0.2, 0) is 16.4 Å². The van der Waals surface area contributed by atoms with Gasteiger partial charge in [-0.2, -0.15) is 0 Å². The molecule has 0 aromatic heterocycles. The Hall–Kier alpha value is -1.01. The van der Waals surface area contributed by atoms with Crippen molar-refractivity contribution in [3.8, 4) is 0 Å². The summed E-state index contributed by atoms with van der Waals surface area (Å²) in [5.41, 5.74) is 0.221. The number of nitrogens with one attached hydrogen (secondary N) is 1. The Morgan fingerprint density at radius 2 is 2.05 bits per heavy atom. The Bertz CT molecular complexity index is 560. The third-order valence-electron chi connectivity index (χ3n) is 3.56. The molecule has 1 saturated carbocycles. The summed E-state index contributed by atoms with van der Waals surface area (Å²) in [7, 11) is -3.10. The van der Waals surface area contributed by atoms with E-state index in [4.69, 9.17) is 0 Å². The second-order valence-electron chi connectivity index (χ2n) is 5.02. The molecule has 1 aliphatic carbocycles. The van der Waals surface area contributed by atoms with Crippen molar-refractivity contribution in [2.24, 2.45) is 0 Å². The summed E-state index contributed by atoms with van der Waals surface area (Å²) in [6.07, 6.45) is 3.43. The highest BCUT2D eigenvalue weighted by Crippen LogP contribution is 2.25. The first-order valence-electron chi connectivity index (χ1n) is 6.24. The predicted molar refractivity (Wildman–Crippen MR) is 69.5 cm³/mol. The lowest BCUT2D eigenvalue weighted by molar-refractivity contribution is 0.494. The van der Waals surface area contributed by atoms with Gasteiger partial charge in [-0.3, -0.25) is 0 Å². The molecular formula is C13H17F2NO2S. The van der Waals surface area contributed by atoms with Crippen LogP contribution in [0.1, 0.15) is 24.8 Å². The van der Waals surface area contributed by atoms with Crippen molar-refractivity contribution in [3.63, 3.8) is 0 Å². The molecule has 0 spiro atoms. The first kappa shape index (κ1) is 14.4. The molecule has 2 rings (SSSR count). The minimum Gasteiger partial charge on any atom is -0.309 e. The van der Waals surface area contributed by atoms with Gasteiger partial charge in [-0.05, 0) is 31.0 Å². The highest BCUT2D eigenvalue weighted by Gasteiger charge is 2.34. The highest BCUT2D eigenvalue weighted by atomic mass is 32.2. The van der Waals surface area contributed by atoms with Gasteiger partial charge in [0.25, 0.3) is 0 Å². The molecular weight excluding hydrogens is 272 g/mol. The summed E-state index contributed by atoms with van der Waals surface area (Å²) in [5, 5.41) is 2.61. The van der Waals surface area contributed by atoms with Gasteiger partial charge in [0.1, 0.15) is 11.6 Å². The van der Waals surface area contributed by atoms with E-state index in [0.717, 1.165) is 31.0 Å². The Morgan fingerprint density at radius 1 is 1.32 bits per heavy atom. The maximum absolute atomic E-state index is 13.4. The third kappa shape index (κ3) is 3.51. The number of halogens is 2. The van der Waals surface area contributed by atoms with Crippen molar-refractivity contribution >= 4 is 9.84 Å². The summed E-state index contributed by atoms with van der Waals surface area (Å²) in [6.45, 7) is 0.139. The van der Waals surface area contributed by atoms with Crippen molar-refractivity contribution in [1.82, 2.24) is 5.32 Å². The average molecular weight is 289 g/mol. The molecule has 6 heteroatoms. The van der Waals surface area contributed by atoms with Crippen LogP contribution < -0.4 is 5.32 Å². The van der Waals surface area contributed by atoms with E-state index in [1.165, 1.54) is 6.26 Å². The molecule has 0 bridgehead atoms. The Balaban J connectivity index is 2.04. The summed E-state index contributed by atoms with van der Waals surface area (Å²) >= 11 is 0. The average Bonchev–Trinajstić information content (AvgIpc) is 2.78. The van der Waals surface area contributed by atoms with Crippen molar-refractivity contribution in [2.45, 2.75) is 37.1 Å². The van der Waals surface area contributed by atoms with E-state index in [1.54, 1.807) is 0 Å². The van der Waals surface area contributed by atoms with Crippen LogP contribution in [0.4, 0.5) is 8.78 Å². The van der Waals surface area contributed by atoms with Crippen LogP contribution in [0.15, 0.2) is 18.2 Å².